The van der Waals surface area contributed by atoms with Crippen molar-refractivity contribution >= 4 is 39.5 Å². The molecule has 2 heterocycles. The summed E-state index contributed by atoms with van der Waals surface area (Å²) in [6, 6.07) is 12.5. The van der Waals surface area contributed by atoms with E-state index in [0.29, 0.717) is 5.02 Å². The van der Waals surface area contributed by atoms with Crippen LogP contribution >= 0.6 is 22.9 Å². The molecule has 0 fully saturated rings. The number of benzene rings is 1. The summed E-state index contributed by atoms with van der Waals surface area (Å²) in [5, 5.41) is 5.30. The smallest absolute Gasteiger partial charge is 0.0908 e. The maximum atomic E-state index is 6.20. The molecule has 0 radical (unpaired) electrons. The van der Waals surface area contributed by atoms with Crippen molar-refractivity contribution in [1.82, 2.24) is 4.98 Å². The first-order valence-corrected chi connectivity index (χ1v) is 7.70. The molecule has 0 spiro atoms. The first-order valence-electron chi connectivity index (χ1n) is 6.51. The molecule has 20 heavy (non-hydrogen) atoms. The molecule has 4 heteroatoms. The van der Waals surface area contributed by atoms with Crippen LogP contribution in [0.3, 0.4) is 0 Å². The summed E-state index contributed by atoms with van der Waals surface area (Å²) in [4.78, 5) is 7.01. The first kappa shape index (κ1) is 13.4. The summed E-state index contributed by atoms with van der Waals surface area (Å²) in [6.45, 7) is 4.30. The first-order chi connectivity index (χ1) is 9.65. The zero-order valence-corrected chi connectivity index (χ0v) is 12.9. The molecular weight excluding hydrogens is 288 g/mol. The minimum absolute atomic E-state index is 0.262. The van der Waals surface area contributed by atoms with Gasteiger partial charge in [-0.1, -0.05) is 11.6 Å². The van der Waals surface area contributed by atoms with E-state index >= 15 is 0 Å². The Morgan fingerprint density at radius 3 is 2.80 bits per heavy atom. The van der Waals surface area contributed by atoms with E-state index in [4.69, 9.17) is 11.6 Å². The SMILES string of the molecule is Cc1ccc(C(C)Nc2ccc(Cl)c3ncccc23)s1. The second-order valence-electron chi connectivity index (χ2n) is 4.81. The van der Waals surface area contributed by atoms with Gasteiger partial charge in [0.05, 0.1) is 16.6 Å². The van der Waals surface area contributed by atoms with Crippen LogP contribution in [-0.2, 0) is 0 Å². The lowest BCUT2D eigenvalue weighted by atomic mass is 10.1. The van der Waals surface area contributed by atoms with Gasteiger partial charge in [-0.3, -0.25) is 4.98 Å². The van der Waals surface area contributed by atoms with Gasteiger partial charge in [-0.25, -0.2) is 0 Å². The van der Waals surface area contributed by atoms with Gasteiger partial charge in [0.25, 0.3) is 0 Å². The van der Waals surface area contributed by atoms with Crippen LogP contribution in [0, 0.1) is 6.92 Å². The van der Waals surface area contributed by atoms with Crippen LogP contribution in [-0.4, -0.2) is 4.98 Å². The highest BCUT2D eigenvalue weighted by atomic mass is 35.5. The van der Waals surface area contributed by atoms with Crippen LogP contribution < -0.4 is 5.32 Å². The average Bonchev–Trinajstić information content (AvgIpc) is 2.89. The highest BCUT2D eigenvalue weighted by Gasteiger charge is 2.11. The number of nitrogens with one attached hydrogen (secondary N) is 1. The molecule has 3 rings (SSSR count). The van der Waals surface area contributed by atoms with E-state index in [1.807, 2.05) is 35.6 Å². The molecule has 0 aliphatic rings. The van der Waals surface area contributed by atoms with Crippen molar-refractivity contribution in [1.29, 1.82) is 0 Å². The molecule has 3 aromatic rings. The molecular formula is C16H15ClN2S. The zero-order valence-electron chi connectivity index (χ0n) is 11.4. The van der Waals surface area contributed by atoms with Crippen molar-refractivity contribution in [2.75, 3.05) is 5.32 Å². The Morgan fingerprint density at radius 2 is 2.05 bits per heavy atom. The van der Waals surface area contributed by atoms with E-state index < -0.39 is 0 Å². The van der Waals surface area contributed by atoms with Crippen molar-refractivity contribution in [3.63, 3.8) is 0 Å². The monoisotopic (exact) mass is 302 g/mol. The molecule has 0 bridgehead atoms. The molecule has 1 atom stereocenters. The lowest BCUT2D eigenvalue weighted by molar-refractivity contribution is 0.910. The number of aryl methyl sites for hydroxylation is 1. The van der Waals surface area contributed by atoms with Gasteiger partial charge in [0.15, 0.2) is 0 Å². The number of halogens is 1. The molecule has 2 aromatic heterocycles. The molecule has 2 nitrogen and oxygen atoms in total. The van der Waals surface area contributed by atoms with Gasteiger partial charge in [-0.05, 0) is 50.2 Å². The fourth-order valence-electron chi connectivity index (χ4n) is 2.25. The molecule has 0 aliphatic heterocycles. The lowest BCUT2D eigenvalue weighted by Crippen LogP contribution is -2.05. The maximum Gasteiger partial charge on any atom is 0.0908 e. The van der Waals surface area contributed by atoms with E-state index in [0.717, 1.165) is 16.6 Å². The van der Waals surface area contributed by atoms with Crippen molar-refractivity contribution in [2.24, 2.45) is 0 Å². The third-order valence-corrected chi connectivity index (χ3v) is 4.77. The minimum Gasteiger partial charge on any atom is -0.377 e. The molecule has 1 aromatic carbocycles. The second kappa shape index (κ2) is 5.43. The van der Waals surface area contributed by atoms with E-state index in [1.54, 1.807) is 6.20 Å². The fourth-order valence-corrected chi connectivity index (χ4v) is 3.35. The zero-order chi connectivity index (χ0) is 14.1. The largest absolute Gasteiger partial charge is 0.377 e. The number of thiophene rings is 1. The van der Waals surface area contributed by atoms with Crippen molar-refractivity contribution in [3.8, 4) is 0 Å². The Bertz CT molecular complexity index is 751. The van der Waals surface area contributed by atoms with Crippen molar-refractivity contribution in [2.45, 2.75) is 19.9 Å². The van der Waals surface area contributed by atoms with Gasteiger partial charge >= 0.3 is 0 Å². The number of aromatic nitrogens is 1. The Kier molecular flexibility index (Phi) is 3.64. The minimum atomic E-state index is 0.262. The Labute approximate surface area is 127 Å². The predicted molar refractivity (Wildman–Crippen MR) is 87.8 cm³/mol. The lowest BCUT2D eigenvalue weighted by Gasteiger charge is -2.16. The second-order valence-corrected chi connectivity index (χ2v) is 6.54. The van der Waals surface area contributed by atoms with Crippen molar-refractivity contribution in [3.05, 3.63) is 57.4 Å². The molecule has 1 unspecified atom stereocenters. The molecule has 102 valence electrons. The number of fused-ring (bicyclic) bond motifs is 1. The summed E-state index contributed by atoms with van der Waals surface area (Å²) in [7, 11) is 0. The fraction of sp³-hybridized carbons (Fsp3) is 0.188. The Hall–Kier alpha value is -1.58. The standard InChI is InChI=1S/C16H15ClN2S/c1-10-5-8-15(20-10)11(2)19-14-7-6-13(17)16-12(14)4-3-9-18-16/h3-9,11,19H,1-2H3. The summed E-state index contributed by atoms with van der Waals surface area (Å²) in [5.41, 5.74) is 1.91. The third-order valence-electron chi connectivity index (χ3n) is 3.28. The van der Waals surface area contributed by atoms with Gasteiger partial charge < -0.3 is 5.32 Å². The summed E-state index contributed by atoms with van der Waals surface area (Å²) >= 11 is 8.02. The van der Waals surface area contributed by atoms with E-state index in [2.05, 4.69) is 36.3 Å². The number of nitrogens with zero attached hydrogens (tertiary/aromatic N) is 1. The Morgan fingerprint density at radius 1 is 1.20 bits per heavy atom. The van der Waals surface area contributed by atoms with Gasteiger partial charge in [-0.2, -0.15) is 0 Å². The average molecular weight is 303 g/mol. The van der Waals surface area contributed by atoms with Crippen LogP contribution in [0.1, 0.15) is 22.7 Å². The number of hydrogen-bond acceptors (Lipinski definition) is 3. The number of hydrogen-bond donors (Lipinski definition) is 1. The molecule has 0 saturated carbocycles. The van der Waals surface area contributed by atoms with E-state index in [9.17, 15) is 0 Å². The number of pyridine rings is 1. The van der Waals surface area contributed by atoms with Crippen LogP contribution in [0.2, 0.25) is 5.02 Å². The normalized spacial score (nSPS) is 12.6. The predicted octanol–water partition coefficient (Wildman–Crippen LogP) is 5.43. The molecule has 0 saturated heterocycles. The molecule has 1 N–H and O–H groups in total. The van der Waals surface area contributed by atoms with E-state index in [1.165, 1.54) is 9.75 Å². The van der Waals surface area contributed by atoms with Crippen LogP contribution in [0.5, 0.6) is 0 Å². The number of anilines is 1. The number of rotatable bonds is 3. The summed E-state index contributed by atoms with van der Waals surface area (Å²) in [6.07, 6.45) is 1.77. The van der Waals surface area contributed by atoms with Gasteiger partial charge in [-0.15, -0.1) is 11.3 Å². The van der Waals surface area contributed by atoms with Crippen LogP contribution in [0.15, 0.2) is 42.6 Å². The van der Waals surface area contributed by atoms with Crippen molar-refractivity contribution < 1.29 is 0 Å². The van der Waals surface area contributed by atoms with Gasteiger partial charge in [0.1, 0.15) is 0 Å². The highest BCUT2D eigenvalue weighted by molar-refractivity contribution is 7.12. The molecule has 0 amide bonds. The van der Waals surface area contributed by atoms with Gasteiger partial charge in [0, 0.05) is 27.0 Å². The quantitative estimate of drug-likeness (QED) is 0.697. The van der Waals surface area contributed by atoms with E-state index in [-0.39, 0.29) is 6.04 Å². The van der Waals surface area contributed by atoms with Crippen LogP contribution in [0.25, 0.3) is 10.9 Å². The topological polar surface area (TPSA) is 24.9 Å². The summed E-state index contributed by atoms with van der Waals surface area (Å²) < 4.78 is 0. The third kappa shape index (κ3) is 2.51. The molecule has 0 aliphatic carbocycles. The Balaban J connectivity index is 1.97. The maximum absolute atomic E-state index is 6.20. The highest BCUT2D eigenvalue weighted by Crippen LogP contribution is 2.32. The van der Waals surface area contributed by atoms with Crippen LogP contribution in [0.4, 0.5) is 5.69 Å². The summed E-state index contributed by atoms with van der Waals surface area (Å²) in [5.74, 6) is 0. The van der Waals surface area contributed by atoms with Gasteiger partial charge in [0.2, 0.25) is 0 Å².